The predicted octanol–water partition coefficient (Wildman–Crippen LogP) is 2.38. The van der Waals surface area contributed by atoms with Crippen LogP contribution in [0.5, 0.6) is 0 Å². The number of nitrogens with two attached hydrogens (primary N) is 1. The Labute approximate surface area is 112 Å². The van der Waals surface area contributed by atoms with Crippen LogP contribution in [0.1, 0.15) is 37.6 Å². The Morgan fingerprint density at radius 2 is 2.22 bits per heavy atom. The lowest BCUT2D eigenvalue weighted by Gasteiger charge is -2.21. The van der Waals surface area contributed by atoms with E-state index in [-0.39, 0.29) is 5.82 Å². The summed E-state index contributed by atoms with van der Waals surface area (Å²) in [5, 5.41) is 0.784. The van der Waals surface area contributed by atoms with Gasteiger partial charge in [-0.3, -0.25) is 0 Å². The van der Waals surface area contributed by atoms with E-state index >= 15 is 0 Å². The third-order valence-electron chi connectivity index (χ3n) is 2.81. The number of aromatic nitrogens is 1. The van der Waals surface area contributed by atoms with E-state index in [1.54, 1.807) is 6.92 Å². The van der Waals surface area contributed by atoms with Crippen molar-refractivity contribution in [2.45, 2.75) is 27.2 Å². The second-order valence-corrected chi connectivity index (χ2v) is 5.11. The second kappa shape index (κ2) is 6.58. The lowest BCUT2D eigenvalue weighted by molar-refractivity contribution is 0.0528. The van der Waals surface area contributed by atoms with Gasteiger partial charge >= 0.3 is 5.97 Å². The van der Waals surface area contributed by atoms with Crippen LogP contribution in [0.4, 0.5) is 10.8 Å². The summed E-state index contributed by atoms with van der Waals surface area (Å²) in [6.07, 6.45) is 1.09. The zero-order valence-corrected chi connectivity index (χ0v) is 12.2. The zero-order chi connectivity index (χ0) is 13.7. The highest BCUT2D eigenvalue weighted by molar-refractivity contribution is 7.11. The van der Waals surface area contributed by atoms with E-state index in [0.717, 1.165) is 18.0 Å². The van der Waals surface area contributed by atoms with Crippen LogP contribution >= 0.6 is 11.5 Å². The van der Waals surface area contributed by atoms with Crippen molar-refractivity contribution in [1.29, 1.82) is 0 Å². The van der Waals surface area contributed by atoms with Gasteiger partial charge in [0, 0.05) is 13.6 Å². The molecule has 0 radical (unpaired) electrons. The van der Waals surface area contributed by atoms with E-state index < -0.39 is 5.97 Å². The van der Waals surface area contributed by atoms with Crippen LogP contribution in [0.25, 0.3) is 0 Å². The minimum atomic E-state index is -0.394. The van der Waals surface area contributed by atoms with Crippen molar-refractivity contribution in [3.63, 3.8) is 0 Å². The van der Waals surface area contributed by atoms with Gasteiger partial charge in [0.25, 0.3) is 0 Å². The van der Waals surface area contributed by atoms with Crippen molar-refractivity contribution in [2.75, 3.05) is 30.8 Å². The molecule has 0 aromatic carbocycles. The minimum Gasteiger partial charge on any atom is -0.462 e. The topological polar surface area (TPSA) is 68.5 Å². The van der Waals surface area contributed by atoms with Crippen LogP contribution in [0.15, 0.2) is 0 Å². The normalized spacial score (nSPS) is 12.2. The van der Waals surface area contributed by atoms with Crippen LogP contribution in [-0.2, 0) is 4.74 Å². The number of esters is 1. The number of nitrogens with zero attached hydrogens (tertiary/aromatic N) is 2. The Hall–Kier alpha value is -1.30. The predicted molar refractivity (Wildman–Crippen MR) is 75.2 cm³/mol. The fourth-order valence-electron chi connectivity index (χ4n) is 1.63. The van der Waals surface area contributed by atoms with E-state index in [1.807, 2.05) is 11.9 Å². The van der Waals surface area contributed by atoms with Gasteiger partial charge in [-0.05, 0) is 24.4 Å². The molecule has 1 unspecified atom stereocenters. The van der Waals surface area contributed by atoms with E-state index in [1.165, 1.54) is 11.5 Å². The van der Waals surface area contributed by atoms with Crippen molar-refractivity contribution >= 4 is 28.3 Å². The minimum absolute atomic E-state index is 0.254. The number of hydrogen-bond acceptors (Lipinski definition) is 6. The number of rotatable bonds is 6. The molecule has 1 atom stereocenters. The molecule has 102 valence electrons. The summed E-state index contributed by atoms with van der Waals surface area (Å²) in [7, 11) is 1.95. The van der Waals surface area contributed by atoms with Gasteiger partial charge in [0.1, 0.15) is 10.6 Å². The van der Waals surface area contributed by atoms with E-state index in [2.05, 4.69) is 18.2 Å². The maximum atomic E-state index is 11.8. The number of anilines is 2. The number of nitrogen functional groups attached to an aromatic ring is 1. The summed E-state index contributed by atoms with van der Waals surface area (Å²) in [6, 6.07) is 0. The van der Waals surface area contributed by atoms with Crippen molar-refractivity contribution in [3.05, 3.63) is 5.56 Å². The van der Waals surface area contributed by atoms with Gasteiger partial charge in [0.2, 0.25) is 0 Å². The first-order chi connectivity index (χ1) is 8.51. The van der Waals surface area contributed by atoms with Gasteiger partial charge in [-0.25, -0.2) is 4.79 Å². The third kappa shape index (κ3) is 3.35. The molecule has 18 heavy (non-hydrogen) atoms. The first-order valence-electron chi connectivity index (χ1n) is 6.14. The standard InChI is InChI=1S/C12H21N3O2S/c1-5-8(3)7-15(4)11-9(10(13)14-18-11)12(16)17-6-2/h8H,5-7H2,1-4H3,(H2,13,14). The molecule has 0 saturated carbocycles. The maximum absolute atomic E-state index is 11.8. The van der Waals surface area contributed by atoms with Gasteiger partial charge < -0.3 is 15.4 Å². The molecular weight excluding hydrogens is 250 g/mol. The fourth-order valence-corrected chi connectivity index (χ4v) is 2.40. The van der Waals surface area contributed by atoms with Crippen LogP contribution in [-0.4, -0.2) is 30.5 Å². The molecule has 1 heterocycles. The Kier molecular flexibility index (Phi) is 5.40. The van der Waals surface area contributed by atoms with Gasteiger partial charge in [-0.1, -0.05) is 20.3 Å². The van der Waals surface area contributed by atoms with E-state index in [4.69, 9.17) is 10.5 Å². The van der Waals surface area contributed by atoms with Gasteiger partial charge in [-0.15, -0.1) is 0 Å². The first-order valence-corrected chi connectivity index (χ1v) is 6.91. The number of carbonyl (C=O) groups is 1. The molecule has 2 N–H and O–H groups in total. The van der Waals surface area contributed by atoms with Crippen molar-refractivity contribution in [3.8, 4) is 0 Å². The highest BCUT2D eigenvalue weighted by Crippen LogP contribution is 2.31. The Morgan fingerprint density at radius 1 is 1.56 bits per heavy atom. The van der Waals surface area contributed by atoms with E-state index in [0.29, 0.717) is 18.1 Å². The molecule has 5 nitrogen and oxygen atoms in total. The Balaban J connectivity index is 2.92. The molecule has 6 heteroatoms. The van der Waals surface area contributed by atoms with Crippen LogP contribution in [0, 0.1) is 5.92 Å². The summed E-state index contributed by atoms with van der Waals surface area (Å²) in [4.78, 5) is 13.9. The lowest BCUT2D eigenvalue weighted by atomic mass is 10.1. The Morgan fingerprint density at radius 3 is 2.78 bits per heavy atom. The SMILES string of the molecule is CCOC(=O)c1c(N)nsc1N(C)CC(C)CC. The van der Waals surface area contributed by atoms with Gasteiger partial charge in [0.15, 0.2) is 5.82 Å². The monoisotopic (exact) mass is 271 g/mol. The molecule has 1 aromatic heterocycles. The summed E-state index contributed by atoms with van der Waals surface area (Å²) < 4.78 is 9.06. The largest absolute Gasteiger partial charge is 0.462 e. The number of ether oxygens (including phenoxy) is 1. The number of hydrogen-bond donors (Lipinski definition) is 1. The molecule has 0 aliphatic heterocycles. The van der Waals surface area contributed by atoms with Crippen molar-refractivity contribution in [2.24, 2.45) is 5.92 Å². The van der Waals surface area contributed by atoms with E-state index in [9.17, 15) is 4.79 Å². The zero-order valence-electron chi connectivity index (χ0n) is 11.4. The van der Waals surface area contributed by atoms with Crippen molar-refractivity contribution in [1.82, 2.24) is 4.37 Å². The molecule has 0 aliphatic rings. The molecule has 0 spiro atoms. The number of carbonyl (C=O) groups excluding carboxylic acids is 1. The lowest BCUT2D eigenvalue weighted by Crippen LogP contribution is -2.24. The molecule has 0 saturated heterocycles. The maximum Gasteiger partial charge on any atom is 0.345 e. The smallest absolute Gasteiger partial charge is 0.345 e. The molecule has 0 amide bonds. The quantitative estimate of drug-likeness (QED) is 0.805. The molecule has 0 aliphatic carbocycles. The Bertz CT molecular complexity index is 406. The molecule has 1 rings (SSSR count). The fraction of sp³-hybridized carbons (Fsp3) is 0.667. The van der Waals surface area contributed by atoms with Gasteiger partial charge in [0.05, 0.1) is 6.61 Å². The molecule has 1 aromatic rings. The first kappa shape index (κ1) is 14.8. The van der Waals surface area contributed by atoms with Crippen molar-refractivity contribution < 1.29 is 9.53 Å². The summed E-state index contributed by atoms with van der Waals surface area (Å²) in [5.74, 6) is 0.410. The second-order valence-electron chi connectivity index (χ2n) is 4.36. The molecular formula is C12H21N3O2S. The van der Waals surface area contributed by atoms with Gasteiger partial charge in [-0.2, -0.15) is 4.37 Å². The summed E-state index contributed by atoms with van der Waals surface area (Å²) >= 11 is 1.24. The molecule has 0 bridgehead atoms. The summed E-state index contributed by atoms with van der Waals surface area (Å²) in [5.41, 5.74) is 6.14. The summed E-state index contributed by atoms with van der Waals surface area (Å²) in [6.45, 7) is 7.29. The van der Waals surface area contributed by atoms with Crippen LogP contribution < -0.4 is 10.6 Å². The average molecular weight is 271 g/mol. The van der Waals surface area contributed by atoms with Crippen LogP contribution in [0.2, 0.25) is 0 Å². The van der Waals surface area contributed by atoms with Crippen LogP contribution in [0.3, 0.4) is 0 Å². The molecule has 0 fully saturated rings. The average Bonchev–Trinajstić information content (AvgIpc) is 2.71. The highest BCUT2D eigenvalue weighted by Gasteiger charge is 2.23. The third-order valence-corrected chi connectivity index (χ3v) is 3.79. The highest BCUT2D eigenvalue weighted by atomic mass is 32.1.